The summed E-state index contributed by atoms with van der Waals surface area (Å²) in [4.78, 5) is 17.5. The van der Waals surface area contributed by atoms with E-state index in [-0.39, 0.29) is 24.1 Å². The molecule has 0 aliphatic carbocycles. The number of benzene rings is 1. The summed E-state index contributed by atoms with van der Waals surface area (Å²) in [7, 11) is 0. The second kappa shape index (κ2) is 3.66. The predicted molar refractivity (Wildman–Crippen MR) is 61.5 cm³/mol. The maximum Gasteiger partial charge on any atom is 0.354 e. The van der Waals surface area contributed by atoms with Crippen LogP contribution < -0.4 is 15.2 Å². The third-order valence-electron chi connectivity index (χ3n) is 2.58. The van der Waals surface area contributed by atoms with E-state index in [1.807, 2.05) is 0 Å². The van der Waals surface area contributed by atoms with Gasteiger partial charge in [0.1, 0.15) is 5.69 Å². The van der Waals surface area contributed by atoms with Crippen molar-refractivity contribution in [3.8, 4) is 22.8 Å². The molecule has 2 aromatic rings. The predicted octanol–water partition coefficient (Wildman–Crippen LogP) is 1.09. The van der Waals surface area contributed by atoms with Crippen molar-refractivity contribution in [2.75, 3.05) is 12.5 Å². The van der Waals surface area contributed by atoms with Crippen molar-refractivity contribution in [3.05, 3.63) is 23.9 Å². The Morgan fingerprint density at radius 3 is 2.94 bits per heavy atom. The molecule has 0 amide bonds. The molecule has 18 heavy (non-hydrogen) atoms. The molecule has 4 N–H and O–H groups in total. The Balaban J connectivity index is 2.12. The first-order valence-corrected chi connectivity index (χ1v) is 5.14. The number of aromatic amines is 1. The van der Waals surface area contributed by atoms with Gasteiger partial charge in [-0.1, -0.05) is 0 Å². The first-order chi connectivity index (χ1) is 8.65. The first-order valence-electron chi connectivity index (χ1n) is 5.14. The molecule has 0 unspecified atom stereocenters. The Morgan fingerprint density at radius 1 is 1.39 bits per heavy atom. The van der Waals surface area contributed by atoms with Crippen molar-refractivity contribution in [3.63, 3.8) is 0 Å². The van der Waals surface area contributed by atoms with Crippen molar-refractivity contribution >= 4 is 11.9 Å². The summed E-state index contributed by atoms with van der Waals surface area (Å²) in [5.41, 5.74) is 6.31. The molecule has 0 saturated carbocycles. The monoisotopic (exact) mass is 247 g/mol. The van der Waals surface area contributed by atoms with Gasteiger partial charge >= 0.3 is 5.97 Å². The Kier molecular flexibility index (Phi) is 2.12. The van der Waals surface area contributed by atoms with Gasteiger partial charge in [0.2, 0.25) is 6.79 Å². The van der Waals surface area contributed by atoms with Crippen LogP contribution >= 0.6 is 0 Å². The number of hydrogen-bond donors (Lipinski definition) is 3. The minimum Gasteiger partial charge on any atom is -0.477 e. The van der Waals surface area contributed by atoms with Crippen LogP contribution in [0.5, 0.6) is 11.5 Å². The summed E-state index contributed by atoms with van der Waals surface area (Å²) in [6.45, 7) is 0.160. The molecule has 1 aromatic carbocycles. The lowest BCUT2D eigenvalue weighted by Gasteiger charge is -2.01. The number of nitrogen functional groups attached to an aromatic ring is 1. The molecule has 0 spiro atoms. The second-order valence-electron chi connectivity index (χ2n) is 3.72. The smallest absolute Gasteiger partial charge is 0.354 e. The van der Waals surface area contributed by atoms with E-state index in [9.17, 15) is 4.79 Å². The maximum atomic E-state index is 11.1. The van der Waals surface area contributed by atoms with E-state index in [0.29, 0.717) is 17.1 Å². The zero-order chi connectivity index (χ0) is 12.7. The lowest BCUT2D eigenvalue weighted by molar-refractivity contribution is 0.0692. The molecule has 0 radical (unpaired) electrons. The largest absolute Gasteiger partial charge is 0.477 e. The third-order valence-corrected chi connectivity index (χ3v) is 2.58. The van der Waals surface area contributed by atoms with Gasteiger partial charge in [-0.15, -0.1) is 0 Å². The summed E-state index contributed by atoms with van der Waals surface area (Å²) < 4.78 is 10.4. The molecule has 0 fully saturated rings. The fraction of sp³-hybridized carbons (Fsp3) is 0.0909. The number of nitrogens with one attached hydrogen (secondary N) is 1. The number of nitrogens with zero attached hydrogens (tertiary/aromatic N) is 1. The molecule has 0 atom stereocenters. The topological polar surface area (TPSA) is 110 Å². The number of anilines is 1. The van der Waals surface area contributed by atoms with Crippen LogP contribution in [0.1, 0.15) is 10.5 Å². The SMILES string of the molecule is Nc1nc(-c2ccc3c(c2)OCO3)c(C(=O)O)[nH]1. The van der Waals surface area contributed by atoms with Crippen LogP contribution in [-0.2, 0) is 0 Å². The maximum absolute atomic E-state index is 11.1. The van der Waals surface area contributed by atoms with Crippen molar-refractivity contribution in [1.29, 1.82) is 0 Å². The molecule has 7 heteroatoms. The number of H-pyrrole nitrogens is 1. The van der Waals surface area contributed by atoms with Gasteiger partial charge in [-0.25, -0.2) is 9.78 Å². The van der Waals surface area contributed by atoms with Crippen LogP contribution in [-0.4, -0.2) is 27.8 Å². The zero-order valence-corrected chi connectivity index (χ0v) is 9.14. The highest BCUT2D eigenvalue weighted by molar-refractivity contribution is 5.93. The van der Waals surface area contributed by atoms with Crippen LogP contribution in [0.15, 0.2) is 18.2 Å². The van der Waals surface area contributed by atoms with E-state index in [2.05, 4.69) is 9.97 Å². The summed E-state index contributed by atoms with van der Waals surface area (Å²) in [5, 5.41) is 9.05. The summed E-state index contributed by atoms with van der Waals surface area (Å²) in [6, 6.07) is 5.08. The molecular weight excluding hydrogens is 238 g/mol. The molecular formula is C11H9N3O4. The van der Waals surface area contributed by atoms with Crippen LogP contribution in [0.25, 0.3) is 11.3 Å². The second-order valence-corrected chi connectivity index (χ2v) is 3.72. The van der Waals surface area contributed by atoms with E-state index in [1.165, 1.54) is 0 Å². The number of rotatable bonds is 2. The van der Waals surface area contributed by atoms with Gasteiger partial charge in [-0.05, 0) is 18.2 Å². The fourth-order valence-corrected chi connectivity index (χ4v) is 1.80. The summed E-state index contributed by atoms with van der Waals surface area (Å²) in [6.07, 6.45) is 0. The Morgan fingerprint density at radius 2 is 2.17 bits per heavy atom. The standard InChI is InChI=1S/C11H9N3O4/c12-11-13-8(9(14-11)10(15)16)5-1-2-6-7(3-5)18-4-17-6/h1-3H,4H2,(H,15,16)(H3,12,13,14). The number of aromatic nitrogens is 2. The molecule has 1 aliphatic rings. The van der Waals surface area contributed by atoms with E-state index in [4.69, 9.17) is 20.3 Å². The lowest BCUT2D eigenvalue weighted by atomic mass is 10.1. The number of aromatic carboxylic acids is 1. The summed E-state index contributed by atoms with van der Waals surface area (Å²) in [5.74, 6) is 0.122. The van der Waals surface area contributed by atoms with Gasteiger partial charge < -0.3 is 25.3 Å². The molecule has 3 rings (SSSR count). The van der Waals surface area contributed by atoms with Crippen molar-refractivity contribution in [2.24, 2.45) is 0 Å². The Labute approximate surface area is 101 Å². The number of ether oxygens (including phenoxy) is 2. The molecule has 1 aromatic heterocycles. The van der Waals surface area contributed by atoms with E-state index in [0.717, 1.165) is 0 Å². The molecule has 7 nitrogen and oxygen atoms in total. The number of carbonyl (C=O) groups is 1. The van der Waals surface area contributed by atoms with Gasteiger partial charge in [-0.2, -0.15) is 0 Å². The average molecular weight is 247 g/mol. The van der Waals surface area contributed by atoms with Gasteiger partial charge in [0.25, 0.3) is 0 Å². The van der Waals surface area contributed by atoms with Gasteiger partial charge in [0, 0.05) is 5.56 Å². The molecule has 0 saturated heterocycles. The van der Waals surface area contributed by atoms with Gasteiger partial charge in [0.15, 0.2) is 23.1 Å². The van der Waals surface area contributed by atoms with Crippen LogP contribution in [0, 0.1) is 0 Å². The minimum atomic E-state index is -1.12. The lowest BCUT2D eigenvalue weighted by Crippen LogP contribution is -1.99. The van der Waals surface area contributed by atoms with Crippen LogP contribution in [0.3, 0.4) is 0 Å². The van der Waals surface area contributed by atoms with Crippen LogP contribution in [0.2, 0.25) is 0 Å². The molecule has 2 heterocycles. The normalized spacial score (nSPS) is 12.7. The minimum absolute atomic E-state index is 0.0497. The van der Waals surface area contributed by atoms with Crippen molar-refractivity contribution in [2.45, 2.75) is 0 Å². The van der Waals surface area contributed by atoms with Crippen molar-refractivity contribution < 1.29 is 19.4 Å². The number of fused-ring (bicyclic) bond motifs is 1. The van der Waals surface area contributed by atoms with E-state index < -0.39 is 5.97 Å². The molecule has 1 aliphatic heterocycles. The zero-order valence-electron chi connectivity index (χ0n) is 9.14. The third kappa shape index (κ3) is 1.53. The summed E-state index contributed by atoms with van der Waals surface area (Å²) >= 11 is 0. The molecule has 0 bridgehead atoms. The number of carboxylic acids is 1. The average Bonchev–Trinajstić information content (AvgIpc) is 2.93. The number of nitrogens with two attached hydrogens (primary N) is 1. The highest BCUT2D eigenvalue weighted by Gasteiger charge is 2.20. The van der Waals surface area contributed by atoms with E-state index in [1.54, 1.807) is 18.2 Å². The first kappa shape index (κ1) is 10.5. The highest BCUT2D eigenvalue weighted by atomic mass is 16.7. The van der Waals surface area contributed by atoms with Crippen molar-refractivity contribution in [1.82, 2.24) is 9.97 Å². The van der Waals surface area contributed by atoms with Crippen LogP contribution in [0.4, 0.5) is 5.95 Å². The highest BCUT2D eigenvalue weighted by Crippen LogP contribution is 2.36. The number of hydrogen-bond acceptors (Lipinski definition) is 5. The number of carboxylic acid groups (broad SMARTS) is 1. The fourth-order valence-electron chi connectivity index (χ4n) is 1.80. The Bertz CT molecular complexity index is 635. The number of imidazole rings is 1. The Hall–Kier alpha value is -2.70. The van der Waals surface area contributed by atoms with Gasteiger partial charge in [0.05, 0.1) is 0 Å². The quantitative estimate of drug-likeness (QED) is 0.732. The molecule has 92 valence electrons. The van der Waals surface area contributed by atoms with Gasteiger partial charge in [-0.3, -0.25) is 0 Å². The van der Waals surface area contributed by atoms with E-state index >= 15 is 0 Å².